The minimum atomic E-state index is -3.77. The molecule has 12 heteroatoms. The maximum Gasteiger partial charge on any atom is 0.327 e. The molecule has 4 amide bonds. The van der Waals surface area contributed by atoms with Crippen molar-refractivity contribution in [2.75, 3.05) is 46.2 Å². The number of carbonyl (C=O) groups excluding carboxylic acids is 3. The summed E-state index contributed by atoms with van der Waals surface area (Å²) in [6, 6.07) is -0.437. The largest absolute Gasteiger partial charge is 0.383 e. The van der Waals surface area contributed by atoms with Crippen molar-refractivity contribution in [1.29, 1.82) is 0 Å². The number of nitrogens with one attached hydrogen (secondary N) is 1. The molecule has 29 heavy (non-hydrogen) atoms. The van der Waals surface area contributed by atoms with Crippen LogP contribution in [0.25, 0.3) is 0 Å². The summed E-state index contributed by atoms with van der Waals surface area (Å²) in [6.45, 7) is 5.60. The highest BCUT2D eigenvalue weighted by atomic mass is 32.2. The summed E-state index contributed by atoms with van der Waals surface area (Å²) in [7, 11) is -0.775. The monoisotopic (exact) mass is 436 g/mol. The molecule has 1 fully saturated rings. The van der Waals surface area contributed by atoms with Gasteiger partial charge in [0.25, 0.3) is 5.91 Å². The van der Waals surface area contributed by atoms with E-state index in [4.69, 9.17) is 9.94 Å². The van der Waals surface area contributed by atoms with Crippen LogP contribution in [-0.4, -0.2) is 97.3 Å². The zero-order chi connectivity index (χ0) is 22.4. The number of imide groups is 1. The van der Waals surface area contributed by atoms with Gasteiger partial charge in [0.1, 0.15) is 5.54 Å². The van der Waals surface area contributed by atoms with Gasteiger partial charge >= 0.3 is 6.03 Å². The molecule has 1 saturated heterocycles. The molecule has 1 aliphatic heterocycles. The van der Waals surface area contributed by atoms with Crippen molar-refractivity contribution < 1.29 is 32.7 Å². The average molecular weight is 437 g/mol. The number of sulfonamides is 1. The van der Waals surface area contributed by atoms with Gasteiger partial charge in [0, 0.05) is 33.8 Å². The molecule has 0 saturated carbocycles. The molecule has 168 valence electrons. The Morgan fingerprint density at radius 3 is 2.41 bits per heavy atom. The first-order valence-corrected chi connectivity index (χ1v) is 11.0. The van der Waals surface area contributed by atoms with Gasteiger partial charge in [-0.25, -0.2) is 18.7 Å². The van der Waals surface area contributed by atoms with Crippen LogP contribution in [0.1, 0.15) is 33.6 Å². The SMILES string of the molecule is CCN(CCOC)S(=O)(=O)CC(CCCN1C(=O)N(C)C(C)(C)C1=O)C(=O)NO. The van der Waals surface area contributed by atoms with E-state index in [0.717, 1.165) is 4.90 Å². The minimum Gasteiger partial charge on any atom is -0.383 e. The topological polar surface area (TPSA) is 137 Å². The molecule has 1 heterocycles. The molecular formula is C17H32N4O7S. The van der Waals surface area contributed by atoms with E-state index in [9.17, 15) is 22.8 Å². The molecule has 1 unspecified atom stereocenters. The van der Waals surface area contributed by atoms with Crippen LogP contribution in [0.5, 0.6) is 0 Å². The molecule has 0 radical (unpaired) electrons. The normalized spacial score (nSPS) is 17.9. The number of hydrogen-bond donors (Lipinski definition) is 2. The van der Waals surface area contributed by atoms with Crippen LogP contribution in [0.4, 0.5) is 4.79 Å². The van der Waals surface area contributed by atoms with Crippen LogP contribution in [-0.2, 0) is 24.3 Å². The van der Waals surface area contributed by atoms with Gasteiger partial charge in [-0.3, -0.25) is 19.7 Å². The van der Waals surface area contributed by atoms with Crippen molar-refractivity contribution in [2.45, 2.75) is 39.2 Å². The molecule has 0 aromatic carbocycles. The van der Waals surface area contributed by atoms with Gasteiger partial charge in [-0.1, -0.05) is 6.92 Å². The smallest absolute Gasteiger partial charge is 0.327 e. The van der Waals surface area contributed by atoms with E-state index >= 15 is 0 Å². The van der Waals surface area contributed by atoms with Crippen LogP contribution < -0.4 is 5.48 Å². The first kappa shape index (κ1) is 25.3. The fraction of sp³-hybridized carbons (Fsp3) is 0.824. The molecule has 0 aliphatic carbocycles. The number of carbonyl (C=O) groups is 3. The molecule has 0 aromatic heterocycles. The molecular weight excluding hydrogens is 404 g/mol. The van der Waals surface area contributed by atoms with Crippen LogP contribution >= 0.6 is 0 Å². The summed E-state index contributed by atoms with van der Waals surface area (Å²) >= 11 is 0. The Morgan fingerprint density at radius 2 is 1.97 bits per heavy atom. The molecule has 11 nitrogen and oxygen atoms in total. The third kappa shape index (κ3) is 5.87. The van der Waals surface area contributed by atoms with Crippen LogP contribution in [0.3, 0.4) is 0 Å². The Hall–Kier alpha value is -1.76. The lowest BCUT2D eigenvalue weighted by Gasteiger charge is -2.23. The Balaban J connectivity index is 2.80. The van der Waals surface area contributed by atoms with Crippen molar-refractivity contribution in [3.63, 3.8) is 0 Å². The average Bonchev–Trinajstić information content (AvgIpc) is 2.81. The molecule has 0 spiro atoms. The maximum absolute atomic E-state index is 12.6. The fourth-order valence-electron chi connectivity index (χ4n) is 3.10. The second-order valence-electron chi connectivity index (χ2n) is 7.44. The molecule has 1 aliphatic rings. The molecule has 2 N–H and O–H groups in total. The highest BCUT2D eigenvalue weighted by Gasteiger charge is 2.48. The second-order valence-corrected chi connectivity index (χ2v) is 9.45. The lowest BCUT2D eigenvalue weighted by atomic mass is 10.0. The molecule has 1 rings (SSSR count). The third-order valence-electron chi connectivity index (χ3n) is 5.24. The second kappa shape index (κ2) is 10.3. The number of nitrogens with zero attached hydrogens (tertiary/aromatic N) is 3. The number of hydroxylamine groups is 1. The van der Waals surface area contributed by atoms with E-state index in [1.165, 1.54) is 28.8 Å². The highest BCUT2D eigenvalue weighted by molar-refractivity contribution is 7.89. The zero-order valence-electron chi connectivity index (χ0n) is 17.7. The van der Waals surface area contributed by atoms with Crippen molar-refractivity contribution in [2.24, 2.45) is 5.92 Å². The lowest BCUT2D eigenvalue weighted by Crippen LogP contribution is -2.42. The number of rotatable bonds is 12. The van der Waals surface area contributed by atoms with E-state index in [2.05, 4.69) is 0 Å². The van der Waals surface area contributed by atoms with E-state index in [1.807, 2.05) is 0 Å². The van der Waals surface area contributed by atoms with Gasteiger partial charge in [-0.15, -0.1) is 0 Å². The summed E-state index contributed by atoms with van der Waals surface area (Å²) in [6.07, 6.45) is 0.299. The number of urea groups is 1. The van der Waals surface area contributed by atoms with E-state index in [0.29, 0.717) is 0 Å². The van der Waals surface area contributed by atoms with Gasteiger partial charge in [-0.05, 0) is 26.7 Å². The Bertz CT molecular complexity index is 711. The summed E-state index contributed by atoms with van der Waals surface area (Å²) in [5, 5.41) is 8.98. The predicted molar refractivity (Wildman–Crippen MR) is 105 cm³/mol. The van der Waals surface area contributed by atoms with Crippen LogP contribution in [0, 0.1) is 5.92 Å². The Labute approximate surface area is 172 Å². The van der Waals surface area contributed by atoms with Gasteiger partial charge < -0.3 is 9.64 Å². The summed E-state index contributed by atoms with van der Waals surface area (Å²) in [5.41, 5.74) is 0.549. The summed E-state index contributed by atoms with van der Waals surface area (Å²) < 4.78 is 31.4. The fourth-order valence-corrected chi connectivity index (χ4v) is 4.89. The number of ether oxygens (including phenoxy) is 1. The number of hydrogen-bond acceptors (Lipinski definition) is 7. The highest BCUT2D eigenvalue weighted by Crippen LogP contribution is 2.26. The quantitative estimate of drug-likeness (QED) is 0.247. The van der Waals surface area contributed by atoms with E-state index in [-0.39, 0.29) is 45.0 Å². The van der Waals surface area contributed by atoms with Crippen molar-refractivity contribution in [3.05, 3.63) is 0 Å². The van der Waals surface area contributed by atoms with Crippen molar-refractivity contribution in [3.8, 4) is 0 Å². The predicted octanol–water partition coefficient (Wildman–Crippen LogP) is -0.141. The number of amides is 4. The first-order valence-electron chi connectivity index (χ1n) is 9.44. The summed E-state index contributed by atoms with van der Waals surface area (Å²) in [4.78, 5) is 39.1. The Kier molecular flexibility index (Phi) is 9.00. The standard InChI is InChI=1S/C17H32N4O7S/c1-6-20(10-11-28-5)29(26,27)12-13(14(22)18-25)8-7-9-21-15(23)17(2,3)19(4)16(21)24/h13,25H,6-12H2,1-5H3,(H,18,22). The van der Waals surface area contributed by atoms with Crippen LogP contribution in [0.2, 0.25) is 0 Å². The summed E-state index contributed by atoms with van der Waals surface area (Å²) in [5.74, 6) is -2.70. The number of methoxy groups -OCH3 is 1. The van der Waals surface area contributed by atoms with Gasteiger partial charge in [0.15, 0.2) is 0 Å². The van der Waals surface area contributed by atoms with E-state index < -0.39 is 39.2 Å². The molecule has 1 atom stereocenters. The first-order chi connectivity index (χ1) is 13.4. The Morgan fingerprint density at radius 1 is 1.34 bits per heavy atom. The van der Waals surface area contributed by atoms with Crippen LogP contribution in [0.15, 0.2) is 0 Å². The number of likely N-dealkylation sites (N-methyl/N-ethyl adjacent to an activating group) is 2. The third-order valence-corrected chi connectivity index (χ3v) is 7.29. The van der Waals surface area contributed by atoms with Gasteiger partial charge in [0.05, 0.1) is 18.3 Å². The van der Waals surface area contributed by atoms with Gasteiger partial charge in [0.2, 0.25) is 15.9 Å². The van der Waals surface area contributed by atoms with Crippen molar-refractivity contribution >= 4 is 27.9 Å². The molecule has 0 aromatic rings. The lowest BCUT2D eigenvalue weighted by molar-refractivity contribution is -0.133. The van der Waals surface area contributed by atoms with E-state index in [1.54, 1.807) is 20.8 Å². The minimum absolute atomic E-state index is 0.0574. The maximum atomic E-state index is 12.6. The zero-order valence-corrected chi connectivity index (χ0v) is 18.5. The van der Waals surface area contributed by atoms with Crippen molar-refractivity contribution in [1.82, 2.24) is 19.6 Å². The molecule has 0 bridgehead atoms. The van der Waals surface area contributed by atoms with Gasteiger partial charge in [-0.2, -0.15) is 4.31 Å².